The monoisotopic (exact) mass is 237 g/mol. The second-order valence-electron chi connectivity index (χ2n) is 5.94. The Hall–Kier alpha value is 0.0200. The highest BCUT2D eigenvalue weighted by molar-refractivity contribution is 8.14. The molecule has 0 spiro atoms. The summed E-state index contributed by atoms with van der Waals surface area (Å²) in [5.41, 5.74) is 0. The van der Waals surface area contributed by atoms with Crippen LogP contribution in [0, 0.1) is 11.8 Å². The van der Waals surface area contributed by atoms with Gasteiger partial charge in [-0.05, 0) is 31.6 Å². The van der Waals surface area contributed by atoms with Crippen molar-refractivity contribution >= 4 is 16.8 Å². The van der Waals surface area contributed by atoms with Crippen LogP contribution < -0.4 is 0 Å². The minimum atomic E-state index is 0.700. The second-order valence-corrected chi connectivity index (χ2v) is 7.20. The quantitative estimate of drug-likeness (QED) is 0.663. The summed E-state index contributed by atoms with van der Waals surface area (Å²) in [6.45, 7) is 2.42. The Morgan fingerprint density at radius 2 is 1.94 bits per heavy atom. The Morgan fingerprint density at radius 3 is 2.75 bits per heavy atom. The number of nitrogens with zero attached hydrogens (tertiary/aromatic N) is 1. The van der Waals surface area contributed by atoms with E-state index in [2.05, 4.69) is 18.7 Å². The maximum atomic E-state index is 5.05. The Labute approximate surface area is 103 Å². The molecule has 0 bridgehead atoms. The maximum Gasteiger partial charge on any atom is 0.0714 e. The van der Waals surface area contributed by atoms with Crippen LogP contribution in [0.25, 0.3) is 0 Å². The number of aliphatic imine (C=N–C) groups is 1. The van der Waals surface area contributed by atoms with Crippen molar-refractivity contribution in [2.45, 2.75) is 69.6 Å². The first kappa shape index (κ1) is 11.1. The first-order chi connectivity index (χ1) is 7.83. The molecule has 0 aromatic rings. The third-order valence-electron chi connectivity index (χ3n) is 4.52. The highest BCUT2D eigenvalue weighted by Crippen LogP contribution is 2.42. The molecule has 90 valence electrons. The van der Waals surface area contributed by atoms with Gasteiger partial charge in [0.05, 0.1) is 11.1 Å². The van der Waals surface area contributed by atoms with E-state index in [0.717, 1.165) is 17.1 Å². The van der Waals surface area contributed by atoms with Gasteiger partial charge in [0.1, 0.15) is 0 Å². The standard InChI is InChI=1S/C14H23NS/c1-10-5-4-6-11(9-10)14-15-12-7-2-3-8-13(12)16-14/h10-13H,2-9H2,1H3. The minimum absolute atomic E-state index is 0.700. The zero-order valence-corrected chi connectivity index (χ0v) is 11.1. The van der Waals surface area contributed by atoms with E-state index in [-0.39, 0.29) is 0 Å². The molecular weight excluding hydrogens is 214 g/mol. The van der Waals surface area contributed by atoms with Crippen LogP contribution in [0.15, 0.2) is 4.99 Å². The van der Waals surface area contributed by atoms with Crippen LogP contribution in [-0.2, 0) is 0 Å². The van der Waals surface area contributed by atoms with Crippen molar-refractivity contribution in [3.8, 4) is 0 Å². The van der Waals surface area contributed by atoms with Gasteiger partial charge in [-0.15, -0.1) is 11.8 Å². The van der Waals surface area contributed by atoms with Crippen LogP contribution >= 0.6 is 11.8 Å². The lowest BCUT2D eigenvalue weighted by atomic mass is 9.83. The molecule has 0 N–H and O–H groups in total. The lowest BCUT2D eigenvalue weighted by Gasteiger charge is -2.26. The Morgan fingerprint density at radius 1 is 1.06 bits per heavy atom. The molecule has 4 atom stereocenters. The second kappa shape index (κ2) is 4.72. The maximum absolute atomic E-state index is 5.05. The van der Waals surface area contributed by atoms with Gasteiger partial charge in [-0.25, -0.2) is 0 Å². The van der Waals surface area contributed by atoms with Gasteiger partial charge in [-0.3, -0.25) is 4.99 Å². The zero-order valence-electron chi connectivity index (χ0n) is 10.3. The summed E-state index contributed by atoms with van der Waals surface area (Å²) in [5, 5.41) is 2.41. The molecule has 2 heteroatoms. The predicted molar refractivity (Wildman–Crippen MR) is 72.2 cm³/mol. The van der Waals surface area contributed by atoms with Crippen molar-refractivity contribution in [1.82, 2.24) is 0 Å². The van der Waals surface area contributed by atoms with Crippen LogP contribution in [0.2, 0.25) is 0 Å². The van der Waals surface area contributed by atoms with E-state index in [0.29, 0.717) is 6.04 Å². The molecular formula is C14H23NS. The molecule has 2 aliphatic carbocycles. The lowest BCUT2D eigenvalue weighted by Crippen LogP contribution is -2.21. The van der Waals surface area contributed by atoms with Gasteiger partial charge in [0, 0.05) is 11.2 Å². The van der Waals surface area contributed by atoms with Crippen molar-refractivity contribution in [2.75, 3.05) is 0 Å². The molecule has 0 aromatic carbocycles. The minimum Gasteiger partial charge on any atom is -0.278 e. The van der Waals surface area contributed by atoms with Crippen molar-refractivity contribution in [3.05, 3.63) is 0 Å². The fraction of sp³-hybridized carbons (Fsp3) is 0.929. The Bertz CT molecular complexity index is 286. The molecule has 3 aliphatic rings. The van der Waals surface area contributed by atoms with Gasteiger partial charge < -0.3 is 0 Å². The summed E-state index contributed by atoms with van der Waals surface area (Å²) in [6.07, 6.45) is 11.3. The van der Waals surface area contributed by atoms with E-state index in [4.69, 9.17) is 4.99 Å². The van der Waals surface area contributed by atoms with E-state index < -0.39 is 0 Å². The van der Waals surface area contributed by atoms with Crippen LogP contribution in [0.1, 0.15) is 58.3 Å². The van der Waals surface area contributed by atoms with E-state index in [1.165, 1.54) is 51.4 Å². The van der Waals surface area contributed by atoms with E-state index in [1.54, 1.807) is 5.04 Å². The molecule has 2 saturated carbocycles. The number of fused-ring (bicyclic) bond motifs is 1. The Kier molecular flexibility index (Phi) is 3.28. The van der Waals surface area contributed by atoms with Crippen LogP contribution in [0.5, 0.6) is 0 Å². The third kappa shape index (κ3) is 2.18. The van der Waals surface area contributed by atoms with Gasteiger partial charge in [0.25, 0.3) is 0 Å². The van der Waals surface area contributed by atoms with Crippen molar-refractivity contribution in [2.24, 2.45) is 16.8 Å². The smallest absolute Gasteiger partial charge is 0.0714 e. The first-order valence-electron chi connectivity index (χ1n) is 7.07. The highest BCUT2D eigenvalue weighted by Gasteiger charge is 2.35. The summed E-state index contributed by atoms with van der Waals surface area (Å²) < 4.78 is 0. The van der Waals surface area contributed by atoms with Crippen molar-refractivity contribution in [1.29, 1.82) is 0 Å². The average molecular weight is 237 g/mol. The number of rotatable bonds is 1. The molecule has 1 heterocycles. The van der Waals surface area contributed by atoms with Crippen LogP contribution in [0.3, 0.4) is 0 Å². The third-order valence-corrected chi connectivity index (χ3v) is 6.05. The van der Waals surface area contributed by atoms with E-state index >= 15 is 0 Å². The summed E-state index contributed by atoms with van der Waals surface area (Å²) in [4.78, 5) is 5.05. The van der Waals surface area contributed by atoms with Crippen LogP contribution in [-0.4, -0.2) is 16.3 Å². The molecule has 0 amide bonds. The van der Waals surface area contributed by atoms with Crippen molar-refractivity contribution in [3.63, 3.8) is 0 Å². The van der Waals surface area contributed by atoms with Crippen molar-refractivity contribution < 1.29 is 0 Å². The van der Waals surface area contributed by atoms with Gasteiger partial charge >= 0.3 is 0 Å². The van der Waals surface area contributed by atoms with Crippen LogP contribution in [0.4, 0.5) is 0 Å². The molecule has 1 nitrogen and oxygen atoms in total. The van der Waals surface area contributed by atoms with Gasteiger partial charge in [-0.2, -0.15) is 0 Å². The largest absolute Gasteiger partial charge is 0.278 e. The molecule has 4 unspecified atom stereocenters. The molecule has 0 radical (unpaired) electrons. The zero-order chi connectivity index (χ0) is 11.0. The molecule has 3 rings (SSSR count). The summed E-state index contributed by atoms with van der Waals surface area (Å²) in [7, 11) is 0. The van der Waals surface area contributed by atoms with Gasteiger partial charge in [-0.1, -0.05) is 32.6 Å². The van der Waals surface area contributed by atoms with Gasteiger partial charge in [0.2, 0.25) is 0 Å². The summed E-state index contributed by atoms with van der Waals surface area (Å²) >= 11 is 2.15. The summed E-state index contributed by atoms with van der Waals surface area (Å²) in [5.74, 6) is 1.77. The fourth-order valence-electron chi connectivity index (χ4n) is 3.57. The molecule has 2 fully saturated rings. The fourth-order valence-corrected chi connectivity index (χ4v) is 5.12. The average Bonchev–Trinajstić information content (AvgIpc) is 2.72. The summed E-state index contributed by atoms with van der Waals surface area (Å²) in [6, 6.07) is 0.700. The SMILES string of the molecule is CC1CCCC(C2=NC3CCCCC3S2)C1. The van der Waals surface area contributed by atoms with E-state index in [1.807, 2.05) is 0 Å². The topological polar surface area (TPSA) is 12.4 Å². The number of hydrogen-bond donors (Lipinski definition) is 0. The molecule has 16 heavy (non-hydrogen) atoms. The Balaban J connectivity index is 1.66. The highest BCUT2D eigenvalue weighted by atomic mass is 32.2. The predicted octanol–water partition coefficient (Wildman–Crippen LogP) is 4.27. The normalized spacial score (nSPS) is 43.9. The van der Waals surface area contributed by atoms with E-state index in [9.17, 15) is 0 Å². The lowest BCUT2D eigenvalue weighted by molar-refractivity contribution is 0.341. The molecule has 0 aromatic heterocycles. The number of thioether (sulfide) groups is 1. The molecule has 0 saturated heterocycles. The first-order valence-corrected chi connectivity index (χ1v) is 7.95. The molecule has 1 aliphatic heterocycles. The number of hydrogen-bond acceptors (Lipinski definition) is 2. The van der Waals surface area contributed by atoms with Gasteiger partial charge in [0.15, 0.2) is 0 Å².